The fourth-order valence-corrected chi connectivity index (χ4v) is 4.37. The third kappa shape index (κ3) is 3.41. The molecule has 0 radical (unpaired) electrons. The molecule has 0 amide bonds. The molecule has 142 valence electrons. The highest BCUT2D eigenvalue weighted by Gasteiger charge is 2.45. The molecule has 1 N–H and O–H groups in total. The standard InChI is InChI=1S/C21H31N3O2/c1-3-22-19(24-12-10-20(15-24)11-13-26-16-20)23-14-21(8-9-21)17-4-6-18(25-2)7-5-17/h4-7H,3,8-16H2,1-2H3,(H,22,23). The van der Waals surface area contributed by atoms with Gasteiger partial charge in [0.1, 0.15) is 5.75 Å². The summed E-state index contributed by atoms with van der Waals surface area (Å²) >= 11 is 0. The van der Waals surface area contributed by atoms with Crippen molar-refractivity contribution in [2.75, 3.05) is 46.5 Å². The van der Waals surface area contributed by atoms with Gasteiger partial charge in [-0.2, -0.15) is 0 Å². The fraction of sp³-hybridized carbons (Fsp3) is 0.667. The van der Waals surface area contributed by atoms with Gasteiger partial charge in [0.25, 0.3) is 0 Å². The third-order valence-electron chi connectivity index (χ3n) is 6.35. The normalized spacial score (nSPS) is 27.2. The van der Waals surface area contributed by atoms with E-state index in [9.17, 15) is 0 Å². The molecule has 1 aromatic rings. The van der Waals surface area contributed by atoms with Crippen molar-refractivity contribution in [3.63, 3.8) is 0 Å². The average molecular weight is 357 g/mol. The van der Waals surface area contributed by atoms with Crippen LogP contribution >= 0.6 is 0 Å². The summed E-state index contributed by atoms with van der Waals surface area (Å²) in [6.45, 7) is 7.92. The Hall–Kier alpha value is -1.75. The summed E-state index contributed by atoms with van der Waals surface area (Å²) in [4.78, 5) is 7.51. The van der Waals surface area contributed by atoms with Gasteiger partial charge >= 0.3 is 0 Å². The van der Waals surface area contributed by atoms with Gasteiger partial charge in [0.2, 0.25) is 0 Å². The number of methoxy groups -OCH3 is 1. The molecule has 1 unspecified atom stereocenters. The molecule has 1 saturated carbocycles. The molecule has 0 aromatic heterocycles. The Bertz CT molecular complexity index is 646. The molecule has 2 heterocycles. The van der Waals surface area contributed by atoms with Crippen molar-refractivity contribution < 1.29 is 9.47 Å². The van der Waals surface area contributed by atoms with Crippen molar-refractivity contribution in [3.8, 4) is 5.75 Å². The van der Waals surface area contributed by atoms with Gasteiger partial charge in [-0.1, -0.05) is 12.1 Å². The highest BCUT2D eigenvalue weighted by Crippen LogP contribution is 2.48. The maximum absolute atomic E-state index is 5.67. The molecule has 4 rings (SSSR count). The Balaban J connectivity index is 1.45. The van der Waals surface area contributed by atoms with Crippen LogP contribution in [0.25, 0.3) is 0 Å². The second-order valence-electron chi connectivity index (χ2n) is 8.15. The molecule has 1 aliphatic carbocycles. The second-order valence-corrected chi connectivity index (χ2v) is 8.15. The Morgan fingerprint density at radius 2 is 2.04 bits per heavy atom. The number of ether oxygens (including phenoxy) is 2. The summed E-state index contributed by atoms with van der Waals surface area (Å²) in [6.07, 6.45) is 4.86. The first kappa shape index (κ1) is 17.7. The van der Waals surface area contributed by atoms with Gasteiger partial charge in [-0.3, -0.25) is 4.99 Å². The summed E-state index contributed by atoms with van der Waals surface area (Å²) in [5, 5.41) is 3.52. The van der Waals surface area contributed by atoms with E-state index in [2.05, 4.69) is 41.4 Å². The molecule has 0 bridgehead atoms. The van der Waals surface area contributed by atoms with Crippen molar-refractivity contribution in [2.24, 2.45) is 10.4 Å². The quantitative estimate of drug-likeness (QED) is 0.650. The molecule has 26 heavy (non-hydrogen) atoms. The lowest BCUT2D eigenvalue weighted by molar-refractivity contribution is 0.156. The van der Waals surface area contributed by atoms with Gasteiger partial charge in [-0.15, -0.1) is 0 Å². The number of hydrogen-bond acceptors (Lipinski definition) is 3. The first-order chi connectivity index (χ1) is 12.7. The lowest BCUT2D eigenvalue weighted by atomic mass is 9.87. The molecule has 1 spiro atoms. The maximum atomic E-state index is 5.67. The molecule has 1 aromatic carbocycles. The van der Waals surface area contributed by atoms with Crippen LogP contribution in [0.4, 0.5) is 0 Å². The minimum absolute atomic E-state index is 0.223. The van der Waals surface area contributed by atoms with E-state index in [1.54, 1.807) is 7.11 Å². The van der Waals surface area contributed by atoms with Crippen LogP contribution in [0.5, 0.6) is 5.75 Å². The van der Waals surface area contributed by atoms with Crippen LogP contribution in [-0.2, 0) is 10.2 Å². The van der Waals surface area contributed by atoms with Crippen LogP contribution in [0, 0.1) is 5.41 Å². The highest BCUT2D eigenvalue weighted by molar-refractivity contribution is 5.80. The largest absolute Gasteiger partial charge is 0.497 e. The number of aliphatic imine (C=N–C) groups is 1. The smallest absolute Gasteiger partial charge is 0.193 e. The molecular weight excluding hydrogens is 326 g/mol. The zero-order valence-corrected chi connectivity index (χ0v) is 16.1. The minimum atomic E-state index is 0.223. The Labute approximate surface area is 156 Å². The number of benzene rings is 1. The molecule has 1 atom stereocenters. The fourth-order valence-electron chi connectivity index (χ4n) is 4.37. The average Bonchev–Trinajstić information content (AvgIpc) is 3.14. The van der Waals surface area contributed by atoms with E-state index in [4.69, 9.17) is 14.5 Å². The van der Waals surface area contributed by atoms with Gasteiger partial charge in [-0.05, 0) is 50.3 Å². The predicted octanol–water partition coefficient (Wildman–Crippen LogP) is 2.80. The van der Waals surface area contributed by atoms with Crippen LogP contribution in [0.1, 0.15) is 38.2 Å². The molecule has 3 aliphatic rings. The lowest BCUT2D eigenvalue weighted by Gasteiger charge is -2.25. The van der Waals surface area contributed by atoms with Crippen molar-refractivity contribution in [3.05, 3.63) is 29.8 Å². The number of rotatable bonds is 5. The Morgan fingerprint density at radius 3 is 2.65 bits per heavy atom. The Morgan fingerprint density at radius 1 is 1.23 bits per heavy atom. The van der Waals surface area contributed by atoms with E-state index in [1.165, 1.54) is 31.2 Å². The summed E-state index contributed by atoms with van der Waals surface area (Å²) in [5.74, 6) is 2.00. The lowest BCUT2D eigenvalue weighted by Crippen LogP contribution is -2.42. The highest BCUT2D eigenvalue weighted by atomic mass is 16.5. The number of nitrogens with one attached hydrogen (secondary N) is 1. The maximum Gasteiger partial charge on any atom is 0.193 e. The third-order valence-corrected chi connectivity index (χ3v) is 6.35. The molecule has 2 aliphatic heterocycles. The van der Waals surface area contributed by atoms with Gasteiger partial charge in [0.15, 0.2) is 5.96 Å². The van der Waals surface area contributed by atoms with Crippen molar-refractivity contribution >= 4 is 5.96 Å². The first-order valence-corrected chi connectivity index (χ1v) is 9.94. The number of likely N-dealkylation sites (tertiary alicyclic amines) is 1. The van der Waals surface area contributed by atoms with E-state index in [0.717, 1.165) is 51.1 Å². The summed E-state index contributed by atoms with van der Waals surface area (Å²) in [5.41, 5.74) is 1.98. The SMILES string of the molecule is CCNC(=NCC1(c2ccc(OC)cc2)CC1)N1CCC2(CCOC2)C1. The summed E-state index contributed by atoms with van der Waals surface area (Å²) < 4.78 is 11.0. The van der Waals surface area contributed by atoms with E-state index in [0.29, 0.717) is 5.41 Å². The van der Waals surface area contributed by atoms with Crippen molar-refractivity contribution in [1.29, 1.82) is 0 Å². The summed E-state index contributed by atoms with van der Waals surface area (Å²) in [7, 11) is 1.72. The zero-order chi connectivity index (χ0) is 18.0. The van der Waals surface area contributed by atoms with Gasteiger partial charge in [-0.25, -0.2) is 0 Å². The van der Waals surface area contributed by atoms with Crippen LogP contribution < -0.4 is 10.1 Å². The van der Waals surface area contributed by atoms with Gasteiger partial charge < -0.3 is 19.7 Å². The van der Waals surface area contributed by atoms with Crippen LogP contribution in [0.2, 0.25) is 0 Å². The van der Waals surface area contributed by atoms with Crippen LogP contribution in [-0.4, -0.2) is 57.4 Å². The Kier molecular flexibility index (Phi) is 4.82. The zero-order valence-electron chi connectivity index (χ0n) is 16.1. The van der Waals surface area contributed by atoms with E-state index in [1.807, 2.05) is 0 Å². The molecule has 3 fully saturated rings. The number of guanidine groups is 1. The molecule has 5 heteroatoms. The molecule has 2 saturated heterocycles. The molecule has 5 nitrogen and oxygen atoms in total. The van der Waals surface area contributed by atoms with Crippen LogP contribution in [0.15, 0.2) is 29.3 Å². The second kappa shape index (κ2) is 7.10. The number of hydrogen-bond donors (Lipinski definition) is 1. The van der Waals surface area contributed by atoms with E-state index in [-0.39, 0.29) is 5.41 Å². The first-order valence-electron chi connectivity index (χ1n) is 9.94. The minimum Gasteiger partial charge on any atom is -0.497 e. The molecular formula is C21H31N3O2. The van der Waals surface area contributed by atoms with Gasteiger partial charge in [0.05, 0.1) is 20.3 Å². The van der Waals surface area contributed by atoms with Crippen LogP contribution in [0.3, 0.4) is 0 Å². The van der Waals surface area contributed by atoms with Crippen molar-refractivity contribution in [1.82, 2.24) is 10.2 Å². The van der Waals surface area contributed by atoms with Crippen molar-refractivity contribution in [2.45, 2.75) is 38.0 Å². The topological polar surface area (TPSA) is 46.1 Å². The predicted molar refractivity (Wildman–Crippen MR) is 104 cm³/mol. The van der Waals surface area contributed by atoms with Gasteiger partial charge in [0, 0.05) is 37.1 Å². The van der Waals surface area contributed by atoms with E-state index >= 15 is 0 Å². The van der Waals surface area contributed by atoms with E-state index < -0.39 is 0 Å². The summed E-state index contributed by atoms with van der Waals surface area (Å²) in [6, 6.07) is 8.53. The monoisotopic (exact) mass is 357 g/mol. The number of nitrogens with zero attached hydrogens (tertiary/aromatic N) is 2.